The van der Waals surface area contributed by atoms with E-state index in [0.29, 0.717) is 0 Å². The quantitative estimate of drug-likeness (QED) is 0.727. The minimum absolute atomic E-state index is 0.762. The van der Waals surface area contributed by atoms with Gasteiger partial charge in [0.2, 0.25) is 0 Å². The number of hydrogen-bond donors (Lipinski definition) is 1. The molecular formula is C12H10BrN3S2. The number of imidazole rings is 1. The van der Waals surface area contributed by atoms with Crippen LogP contribution < -0.4 is 0 Å². The van der Waals surface area contributed by atoms with Gasteiger partial charge in [0.25, 0.3) is 0 Å². The van der Waals surface area contributed by atoms with Gasteiger partial charge in [-0.05, 0) is 30.4 Å². The van der Waals surface area contributed by atoms with E-state index in [1.807, 2.05) is 17.6 Å². The van der Waals surface area contributed by atoms with E-state index < -0.39 is 0 Å². The molecule has 2 aromatic heterocycles. The third-order valence-electron chi connectivity index (χ3n) is 2.81. The second-order valence-corrected chi connectivity index (χ2v) is 5.99. The van der Waals surface area contributed by atoms with E-state index in [-0.39, 0.29) is 0 Å². The summed E-state index contributed by atoms with van der Waals surface area (Å²) < 4.78 is 3.94. The Morgan fingerprint density at radius 2 is 2.33 bits per heavy atom. The first-order valence-electron chi connectivity index (χ1n) is 5.49. The fraction of sp³-hybridized carbons (Fsp3) is 0.167. The first-order chi connectivity index (χ1) is 8.74. The van der Waals surface area contributed by atoms with Gasteiger partial charge in [0, 0.05) is 22.8 Å². The van der Waals surface area contributed by atoms with Crippen LogP contribution in [0.3, 0.4) is 0 Å². The average molecular weight is 340 g/mol. The lowest BCUT2D eigenvalue weighted by atomic mass is 10.3. The van der Waals surface area contributed by atoms with Gasteiger partial charge in [0.05, 0.1) is 22.2 Å². The highest BCUT2D eigenvalue weighted by atomic mass is 79.9. The van der Waals surface area contributed by atoms with Crippen LogP contribution in [-0.4, -0.2) is 14.5 Å². The minimum atomic E-state index is 0.762. The zero-order valence-electron chi connectivity index (χ0n) is 9.39. The fourth-order valence-corrected chi connectivity index (χ4v) is 3.18. The number of benzene rings is 1. The summed E-state index contributed by atoms with van der Waals surface area (Å²) in [4.78, 5) is 7.52. The van der Waals surface area contributed by atoms with Crippen LogP contribution >= 0.6 is 39.5 Å². The van der Waals surface area contributed by atoms with Gasteiger partial charge in [0.1, 0.15) is 0 Å². The van der Waals surface area contributed by atoms with E-state index in [1.54, 1.807) is 11.3 Å². The molecule has 0 spiro atoms. The van der Waals surface area contributed by atoms with Gasteiger partial charge >= 0.3 is 0 Å². The highest BCUT2D eigenvalue weighted by Crippen LogP contribution is 2.20. The number of halogens is 1. The molecule has 0 saturated carbocycles. The minimum Gasteiger partial charge on any atom is -0.331 e. The number of aryl methyl sites for hydroxylation is 2. The lowest BCUT2D eigenvalue weighted by molar-refractivity contribution is 0.697. The summed E-state index contributed by atoms with van der Waals surface area (Å²) in [6, 6.07) is 6.13. The van der Waals surface area contributed by atoms with Crippen LogP contribution in [-0.2, 0) is 13.0 Å². The lowest BCUT2D eigenvalue weighted by Gasteiger charge is -2.03. The van der Waals surface area contributed by atoms with Gasteiger partial charge in [-0.2, -0.15) is 0 Å². The van der Waals surface area contributed by atoms with Crippen LogP contribution in [0.5, 0.6) is 0 Å². The number of nitrogens with zero attached hydrogens (tertiary/aromatic N) is 2. The number of hydrogen-bond acceptors (Lipinski definition) is 3. The maximum Gasteiger partial charge on any atom is 0.178 e. The Morgan fingerprint density at radius 1 is 1.44 bits per heavy atom. The molecule has 0 aliphatic rings. The number of thiazole rings is 1. The zero-order valence-corrected chi connectivity index (χ0v) is 12.6. The van der Waals surface area contributed by atoms with Crippen LogP contribution in [0, 0.1) is 4.77 Å². The molecular weight excluding hydrogens is 330 g/mol. The van der Waals surface area contributed by atoms with Gasteiger partial charge in [-0.3, -0.25) is 0 Å². The summed E-state index contributed by atoms with van der Waals surface area (Å²) in [6.45, 7) is 0.846. The largest absolute Gasteiger partial charge is 0.331 e. The lowest BCUT2D eigenvalue weighted by Crippen LogP contribution is -2.01. The monoisotopic (exact) mass is 339 g/mol. The second kappa shape index (κ2) is 4.95. The summed E-state index contributed by atoms with van der Waals surface area (Å²) in [5.41, 5.74) is 5.18. The Hall–Kier alpha value is -0.980. The highest BCUT2D eigenvalue weighted by molar-refractivity contribution is 9.10. The third kappa shape index (κ3) is 2.28. The maximum absolute atomic E-state index is 5.37. The summed E-state index contributed by atoms with van der Waals surface area (Å²) in [5.74, 6) is 0. The molecule has 3 nitrogen and oxygen atoms in total. The van der Waals surface area contributed by atoms with Crippen LogP contribution in [0.2, 0.25) is 0 Å². The number of aromatic nitrogens is 3. The van der Waals surface area contributed by atoms with E-state index >= 15 is 0 Å². The first-order valence-corrected chi connectivity index (χ1v) is 7.63. The molecule has 92 valence electrons. The SMILES string of the molecule is S=c1[nH]c2ccc(Br)cc2n1CCc1cscn1. The molecule has 18 heavy (non-hydrogen) atoms. The number of rotatable bonds is 3. The summed E-state index contributed by atoms with van der Waals surface area (Å²) in [6.07, 6.45) is 0.900. The van der Waals surface area contributed by atoms with Gasteiger partial charge in [-0.25, -0.2) is 4.98 Å². The van der Waals surface area contributed by atoms with Crippen molar-refractivity contribution >= 4 is 50.5 Å². The summed E-state index contributed by atoms with van der Waals surface area (Å²) >= 11 is 10.5. The fourth-order valence-electron chi connectivity index (χ4n) is 1.94. The molecule has 3 aromatic rings. The number of nitrogens with one attached hydrogen (secondary N) is 1. The van der Waals surface area contributed by atoms with Gasteiger partial charge in [0.15, 0.2) is 4.77 Å². The molecule has 6 heteroatoms. The van der Waals surface area contributed by atoms with Crippen molar-refractivity contribution in [3.63, 3.8) is 0 Å². The molecule has 0 aliphatic carbocycles. The van der Waals surface area contributed by atoms with Crippen molar-refractivity contribution in [2.75, 3.05) is 0 Å². The van der Waals surface area contributed by atoms with Crippen molar-refractivity contribution in [3.05, 3.63) is 44.0 Å². The Bertz CT molecular complexity index is 727. The van der Waals surface area contributed by atoms with Crippen molar-refractivity contribution in [1.82, 2.24) is 14.5 Å². The van der Waals surface area contributed by atoms with Crippen molar-refractivity contribution in [1.29, 1.82) is 0 Å². The topological polar surface area (TPSA) is 33.6 Å². The predicted molar refractivity (Wildman–Crippen MR) is 80.6 cm³/mol. The number of fused-ring (bicyclic) bond motifs is 1. The van der Waals surface area contributed by atoms with Crippen molar-refractivity contribution in [2.45, 2.75) is 13.0 Å². The van der Waals surface area contributed by atoms with Crippen molar-refractivity contribution in [2.24, 2.45) is 0 Å². The summed E-state index contributed by atoms with van der Waals surface area (Å²) in [7, 11) is 0. The average Bonchev–Trinajstić information content (AvgIpc) is 2.94. The highest BCUT2D eigenvalue weighted by Gasteiger charge is 2.05. The Labute approximate surface area is 122 Å². The molecule has 2 heterocycles. The van der Waals surface area contributed by atoms with E-state index in [0.717, 1.165) is 38.9 Å². The van der Waals surface area contributed by atoms with E-state index in [4.69, 9.17) is 12.2 Å². The van der Waals surface area contributed by atoms with E-state index in [1.165, 1.54) is 0 Å². The molecule has 1 N–H and O–H groups in total. The second-order valence-electron chi connectivity index (χ2n) is 3.97. The molecule has 0 atom stereocenters. The van der Waals surface area contributed by atoms with Gasteiger partial charge in [-0.1, -0.05) is 15.9 Å². The standard InChI is InChI=1S/C12H10BrN3S2/c13-8-1-2-10-11(5-8)16(12(17)15-10)4-3-9-6-18-7-14-9/h1-2,5-7H,3-4H2,(H,15,17). The van der Waals surface area contributed by atoms with E-state index in [9.17, 15) is 0 Å². The van der Waals surface area contributed by atoms with Crippen LogP contribution in [0.4, 0.5) is 0 Å². The van der Waals surface area contributed by atoms with Crippen molar-refractivity contribution < 1.29 is 0 Å². The number of aromatic amines is 1. The molecule has 0 aliphatic heterocycles. The molecule has 0 bridgehead atoms. The van der Waals surface area contributed by atoms with Crippen LogP contribution in [0.25, 0.3) is 11.0 Å². The van der Waals surface area contributed by atoms with Crippen LogP contribution in [0.1, 0.15) is 5.69 Å². The summed E-state index contributed by atoms with van der Waals surface area (Å²) in [5, 5.41) is 2.08. The Balaban J connectivity index is 1.98. The first kappa shape index (κ1) is 12.1. The zero-order chi connectivity index (χ0) is 12.5. The van der Waals surface area contributed by atoms with Crippen molar-refractivity contribution in [3.8, 4) is 0 Å². The molecule has 0 fully saturated rings. The maximum atomic E-state index is 5.37. The molecule has 1 aromatic carbocycles. The van der Waals surface area contributed by atoms with Gasteiger partial charge < -0.3 is 9.55 Å². The Morgan fingerprint density at radius 3 is 3.11 bits per heavy atom. The molecule has 0 amide bonds. The predicted octanol–water partition coefficient (Wildman–Crippen LogP) is 4.16. The molecule has 0 radical (unpaired) electrons. The smallest absolute Gasteiger partial charge is 0.178 e. The van der Waals surface area contributed by atoms with E-state index in [2.05, 4.69) is 41.9 Å². The van der Waals surface area contributed by atoms with Crippen LogP contribution in [0.15, 0.2) is 33.6 Å². The molecule has 0 saturated heterocycles. The molecule has 3 rings (SSSR count). The van der Waals surface area contributed by atoms with Gasteiger partial charge in [-0.15, -0.1) is 11.3 Å². The normalized spacial score (nSPS) is 11.2. The molecule has 0 unspecified atom stereocenters. The number of H-pyrrole nitrogens is 1. The third-order valence-corrected chi connectivity index (χ3v) is 4.26. The Kier molecular flexibility index (Phi) is 3.32.